The van der Waals surface area contributed by atoms with Crippen molar-refractivity contribution in [2.24, 2.45) is 0 Å². The lowest BCUT2D eigenvalue weighted by Gasteiger charge is -2.18. The summed E-state index contributed by atoms with van der Waals surface area (Å²) in [6.45, 7) is 1.07. The van der Waals surface area contributed by atoms with E-state index in [9.17, 15) is 24.2 Å². The predicted molar refractivity (Wildman–Crippen MR) is 61.4 cm³/mol. The normalized spacial score (nSPS) is 13.8. The zero-order valence-electron chi connectivity index (χ0n) is 9.76. The maximum atomic E-state index is 13.5. The van der Waals surface area contributed by atoms with E-state index >= 15 is 0 Å². The lowest BCUT2D eigenvalue weighted by atomic mass is 10.0. The molecule has 6 heteroatoms. The fourth-order valence-electron chi connectivity index (χ4n) is 1.42. The van der Waals surface area contributed by atoms with E-state index in [1.165, 1.54) is 19.1 Å². The van der Waals surface area contributed by atoms with Crippen molar-refractivity contribution in [3.63, 3.8) is 0 Å². The molecule has 0 saturated carbocycles. The third-order valence-electron chi connectivity index (χ3n) is 2.40. The molecule has 0 bridgehead atoms. The summed E-state index contributed by atoms with van der Waals surface area (Å²) in [5.41, 5.74) is 0.0123. The summed E-state index contributed by atoms with van der Waals surface area (Å²) in [7, 11) is 0. The number of hydrogen-bond donors (Lipinski definition) is 3. The van der Waals surface area contributed by atoms with Gasteiger partial charge in [-0.15, -0.1) is 0 Å². The first kappa shape index (κ1) is 14.3. The Kier molecular flexibility index (Phi) is 4.94. The van der Waals surface area contributed by atoms with E-state index in [1.54, 1.807) is 0 Å². The SMILES string of the molecule is CC(=O)NCC(O)C(O)c1ccc(C=O)cc1F. The fraction of sp³-hybridized carbons (Fsp3) is 0.333. The van der Waals surface area contributed by atoms with Crippen LogP contribution in [0.15, 0.2) is 18.2 Å². The number of rotatable bonds is 5. The van der Waals surface area contributed by atoms with Crippen molar-refractivity contribution in [3.8, 4) is 0 Å². The minimum Gasteiger partial charge on any atom is -0.388 e. The Morgan fingerprint density at radius 3 is 2.67 bits per heavy atom. The molecule has 0 saturated heterocycles. The molecule has 1 aromatic carbocycles. The molecule has 0 spiro atoms. The molecule has 0 fully saturated rings. The molecule has 0 heterocycles. The van der Waals surface area contributed by atoms with E-state index in [2.05, 4.69) is 5.32 Å². The second-order valence-corrected chi connectivity index (χ2v) is 3.85. The largest absolute Gasteiger partial charge is 0.388 e. The Morgan fingerprint density at radius 2 is 2.17 bits per heavy atom. The summed E-state index contributed by atoms with van der Waals surface area (Å²) in [4.78, 5) is 21.1. The summed E-state index contributed by atoms with van der Waals surface area (Å²) in [6.07, 6.45) is -2.32. The van der Waals surface area contributed by atoms with E-state index in [0.717, 1.165) is 6.07 Å². The standard InChI is InChI=1S/C12H14FNO4/c1-7(16)14-5-11(17)12(18)9-3-2-8(6-15)4-10(9)13/h2-4,6,11-12,17-18H,5H2,1H3,(H,14,16). The van der Waals surface area contributed by atoms with Crippen LogP contribution < -0.4 is 5.32 Å². The number of carbonyl (C=O) groups excluding carboxylic acids is 2. The van der Waals surface area contributed by atoms with Gasteiger partial charge in [0, 0.05) is 24.6 Å². The van der Waals surface area contributed by atoms with Crippen molar-refractivity contribution in [2.45, 2.75) is 19.1 Å². The maximum absolute atomic E-state index is 13.5. The van der Waals surface area contributed by atoms with Crippen molar-refractivity contribution >= 4 is 12.2 Å². The summed E-state index contributed by atoms with van der Waals surface area (Å²) < 4.78 is 13.5. The molecular weight excluding hydrogens is 241 g/mol. The Bertz CT molecular complexity index is 450. The minimum absolute atomic E-state index is 0.126. The number of aliphatic hydroxyl groups excluding tert-OH is 2. The number of amides is 1. The van der Waals surface area contributed by atoms with Crippen molar-refractivity contribution in [3.05, 3.63) is 35.1 Å². The average Bonchev–Trinajstić information content (AvgIpc) is 2.34. The van der Waals surface area contributed by atoms with Crippen molar-refractivity contribution in [1.29, 1.82) is 0 Å². The van der Waals surface area contributed by atoms with Crippen molar-refractivity contribution in [2.75, 3.05) is 6.54 Å². The zero-order valence-corrected chi connectivity index (χ0v) is 9.76. The number of aldehydes is 1. The molecule has 18 heavy (non-hydrogen) atoms. The number of benzene rings is 1. The number of nitrogens with one attached hydrogen (secondary N) is 1. The maximum Gasteiger partial charge on any atom is 0.216 e. The molecular formula is C12H14FNO4. The van der Waals surface area contributed by atoms with Crippen LogP contribution >= 0.6 is 0 Å². The highest BCUT2D eigenvalue weighted by molar-refractivity contribution is 5.74. The number of carbonyl (C=O) groups is 2. The van der Waals surface area contributed by atoms with Gasteiger partial charge in [0.1, 0.15) is 24.3 Å². The lowest BCUT2D eigenvalue weighted by Crippen LogP contribution is -2.34. The Hall–Kier alpha value is -1.79. The van der Waals surface area contributed by atoms with Crippen molar-refractivity contribution < 1.29 is 24.2 Å². The van der Waals surface area contributed by atoms with Gasteiger partial charge in [0.15, 0.2) is 0 Å². The van der Waals surface area contributed by atoms with Crippen LogP contribution in [0.1, 0.15) is 28.9 Å². The molecule has 3 N–H and O–H groups in total. The van der Waals surface area contributed by atoms with Crippen LogP contribution in [-0.4, -0.2) is 35.1 Å². The topological polar surface area (TPSA) is 86.6 Å². The summed E-state index contributed by atoms with van der Waals surface area (Å²) in [5.74, 6) is -1.15. The molecule has 5 nitrogen and oxygen atoms in total. The van der Waals surface area contributed by atoms with Gasteiger partial charge in [-0.05, 0) is 6.07 Å². The highest BCUT2D eigenvalue weighted by Gasteiger charge is 2.21. The second kappa shape index (κ2) is 6.23. The molecule has 0 aliphatic carbocycles. The lowest BCUT2D eigenvalue weighted by molar-refractivity contribution is -0.119. The van der Waals surface area contributed by atoms with Gasteiger partial charge in [0.2, 0.25) is 5.91 Å². The van der Waals surface area contributed by atoms with Gasteiger partial charge in [-0.1, -0.05) is 12.1 Å². The Morgan fingerprint density at radius 1 is 1.50 bits per heavy atom. The van der Waals surface area contributed by atoms with E-state index < -0.39 is 18.0 Å². The van der Waals surface area contributed by atoms with E-state index in [-0.39, 0.29) is 23.6 Å². The fourth-order valence-corrected chi connectivity index (χ4v) is 1.42. The Labute approximate surface area is 103 Å². The van der Waals surface area contributed by atoms with E-state index in [0.29, 0.717) is 6.29 Å². The first-order valence-electron chi connectivity index (χ1n) is 5.31. The third-order valence-corrected chi connectivity index (χ3v) is 2.40. The van der Waals surface area contributed by atoms with Crippen LogP contribution in [0.4, 0.5) is 4.39 Å². The van der Waals surface area contributed by atoms with Crippen LogP contribution in [-0.2, 0) is 4.79 Å². The van der Waals surface area contributed by atoms with Crippen LogP contribution in [0, 0.1) is 5.82 Å². The molecule has 0 aromatic heterocycles. The van der Waals surface area contributed by atoms with Crippen molar-refractivity contribution in [1.82, 2.24) is 5.32 Å². The molecule has 1 amide bonds. The van der Waals surface area contributed by atoms with Gasteiger partial charge in [-0.25, -0.2) is 4.39 Å². The van der Waals surface area contributed by atoms with E-state index in [4.69, 9.17) is 0 Å². The van der Waals surface area contributed by atoms with Gasteiger partial charge in [0.05, 0.1) is 0 Å². The number of hydrogen-bond acceptors (Lipinski definition) is 4. The minimum atomic E-state index is -1.47. The quantitative estimate of drug-likeness (QED) is 0.654. The van der Waals surface area contributed by atoms with Crippen LogP contribution in [0.25, 0.3) is 0 Å². The average molecular weight is 255 g/mol. The monoisotopic (exact) mass is 255 g/mol. The molecule has 2 unspecified atom stereocenters. The zero-order chi connectivity index (χ0) is 13.7. The second-order valence-electron chi connectivity index (χ2n) is 3.85. The molecule has 0 aliphatic heterocycles. The van der Waals surface area contributed by atoms with Gasteiger partial charge >= 0.3 is 0 Å². The van der Waals surface area contributed by atoms with Gasteiger partial charge < -0.3 is 15.5 Å². The molecule has 98 valence electrons. The highest BCUT2D eigenvalue weighted by Crippen LogP contribution is 2.20. The third kappa shape index (κ3) is 3.61. The molecule has 0 radical (unpaired) electrons. The highest BCUT2D eigenvalue weighted by atomic mass is 19.1. The first-order valence-corrected chi connectivity index (χ1v) is 5.31. The summed E-state index contributed by atoms with van der Waals surface area (Å²) >= 11 is 0. The molecule has 2 atom stereocenters. The van der Waals surface area contributed by atoms with Gasteiger partial charge in [-0.3, -0.25) is 9.59 Å². The molecule has 1 aromatic rings. The molecule has 1 rings (SSSR count). The van der Waals surface area contributed by atoms with Gasteiger partial charge in [0.25, 0.3) is 0 Å². The summed E-state index contributed by atoms with van der Waals surface area (Å²) in [5, 5.41) is 21.6. The van der Waals surface area contributed by atoms with Crippen LogP contribution in [0.2, 0.25) is 0 Å². The predicted octanol–water partition coefficient (Wildman–Crippen LogP) is 0.169. The van der Waals surface area contributed by atoms with Gasteiger partial charge in [-0.2, -0.15) is 0 Å². The van der Waals surface area contributed by atoms with Crippen LogP contribution in [0.3, 0.4) is 0 Å². The first-order chi connectivity index (χ1) is 8.45. The number of halogens is 1. The summed E-state index contributed by atoms with van der Waals surface area (Å²) in [6, 6.07) is 3.52. The molecule has 0 aliphatic rings. The van der Waals surface area contributed by atoms with E-state index in [1.807, 2.05) is 0 Å². The van der Waals surface area contributed by atoms with Crippen LogP contribution in [0.5, 0.6) is 0 Å². The number of aliphatic hydroxyl groups is 2. The Balaban J connectivity index is 2.79. The smallest absolute Gasteiger partial charge is 0.216 e.